The molecule has 2 aliphatic rings. The van der Waals surface area contributed by atoms with Crippen molar-refractivity contribution in [2.75, 3.05) is 39.6 Å². The topological polar surface area (TPSA) is 147 Å². The summed E-state index contributed by atoms with van der Waals surface area (Å²) in [4.78, 5) is 47.0. The molecule has 0 saturated heterocycles. The normalized spacial score (nSPS) is 13.1. The number of amides is 4. The van der Waals surface area contributed by atoms with Gasteiger partial charge in [-0.2, -0.15) is 8.42 Å². The summed E-state index contributed by atoms with van der Waals surface area (Å²) in [5.74, 6) is -1.28. The first-order valence-electron chi connectivity index (χ1n) is 14.6. The minimum absolute atomic E-state index is 0. The van der Waals surface area contributed by atoms with Gasteiger partial charge in [0.05, 0.1) is 54.2 Å². The maximum atomic E-state index is 11.9. The molecule has 240 valence electrons. The first-order chi connectivity index (χ1) is 21.6. The fraction of sp³-hybridized carbons (Fsp3) is 0.333. The summed E-state index contributed by atoms with van der Waals surface area (Å²) in [6.07, 6.45) is 1.84. The number of rotatable bonds is 12. The van der Waals surface area contributed by atoms with E-state index in [-0.39, 0.29) is 74.7 Å². The minimum atomic E-state index is -3.64. The van der Waals surface area contributed by atoms with E-state index in [4.69, 9.17) is 13.7 Å². The molecule has 0 radical (unpaired) electrons. The molecule has 2 heterocycles. The van der Waals surface area contributed by atoms with Crippen LogP contribution in [0.1, 0.15) is 73.7 Å². The van der Waals surface area contributed by atoms with Crippen molar-refractivity contribution in [2.24, 2.45) is 0 Å². The molecule has 0 bridgehead atoms. The molecular weight excluding hydrogens is 640 g/mol. The van der Waals surface area contributed by atoms with Gasteiger partial charge in [0.25, 0.3) is 21.9 Å². The van der Waals surface area contributed by atoms with Gasteiger partial charge in [-0.05, 0) is 44.0 Å². The average molecular weight is 677 g/mol. The van der Waals surface area contributed by atoms with E-state index in [1.807, 2.05) is 20.8 Å². The van der Waals surface area contributed by atoms with E-state index in [2.05, 4.69) is 5.32 Å². The van der Waals surface area contributed by atoms with Gasteiger partial charge in [-0.1, -0.05) is 67.9 Å². The SMILES string of the molecule is CCCOCCN1C(=O)c2ccccc2C1=O.CCCOCCOS(=O)(=O)c1ccc(C)cc1.O=C1[N-]C(=O)c2ccccc21.[K+]. The Hall–Kier alpha value is -2.59. The largest absolute Gasteiger partial charge is 1.00 e. The van der Waals surface area contributed by atoms with Gasteiger partial charge < -0.3 is 24.4 Å². The standard InChI is InChI=1S/C13H15NO3.C12H18O4S.C8H5NO2.K/c1-2-8-17-9-7-14-12(15)10-5-3-4-6-11(10)13(14)16;1-3-8-15-9-10-16-17(13,14)12-6-4-11(2)5-7-12;10-7-5-3-1-2-4-6(5)8(11)9-7;/h3-6H,2,7-9H2,1H3;4-7H,3,8-10H2,1-2H3;1-4H,(H,9,10,11);/q;;;+1/p-1. The summed E-state index contributed by atoms with van der Waals surface area (Å²) in [6.45, 7) is 8.25. The van der Waals surface area contributed by atoms with Crippen LogP contribution in [0.4, 0.5) is 0 Å². The second kappa shape index (κ2) is 19.9. The van der Waals surface area contributed by atoms with E-state index in [1.165, 1.54) is 17.0 Å². The zero-order chi connectivity index (χ0) is 32.8. The number of carbonyl (C=O) groups is 4. The molecular formula is C33H37KN2O9S. The maximum absolute atomic E-state index is 11.9. The number of imide groups is 2. The predicted octanol–water partition coefficient (Wildman–Crippen LogP) is 2.19. The molecule has 0 aromatic heterocycles. The van der Waals surface area contributed by atoms with Crippen LogP contribution in [-0.2, 0) is 23.8 Å². The fourth-order valence-electron chi connectivity index (χ4n) is 4.14. The average Bonchev–Trinajstić information content (AvgIpc) is 3.47. The molecule has 0 N–H and O–H groups in total. The number of nitrogens with zero attached hydrogens (tertiary/aromatic N) is 2. The van der Waals surface area contributed by atoms with Crippen LogP contribution in [0, 0.1) is 6.92 Å². The monoisotopic (exact) mass is 676 g/mol. The van der Waals surface area contributed by atoms with Crippen molar-refractivity contribution in [3.05, 3.63) is 106 Å². The Bertz CT molecular complexity index is 1530. The van der Waals surface area contributed by atoms with Gasteiger partial charge in [0.1, 0.15) is 0 Å². The molecule has 3 aromatic carbocycles. The zero-order valence-electron chi connectivity index (χ0n) is 26.6. The van der Waals surface area contributed by atoms with Gasteiger partial charge in [0.15, 0.2) is 0 Å². The van der Waals surface area contributed by atoms with Crippen LogP contribution in [-0.4, -0.2) is 76.5 Å². The molecule has 0 fully saturated rings. The third-order valence-corrected chi connectivity index (χ3v) is 7.73. The van der Waals surface area contributed by atoms with Gasteiger partial charge in [0, 0.05) is 24.3 Å². The number of hydrogen-bond acceptors (Lipinski definition) is 9. The van der Waals surface area contributed by atoms with Crippen LogP contribution in [0.25, 0.3) is 5.32 Å². The molecule has 0 atom stereocenters. The maximum Gasteiger partial charge on any atom is 1.00 e. The van der Waals surface area contributed by atoms with E-state index in [1.54, 1.807) is 60.7 Å². The molecule has 5 rings (SSSR count). The summed E-state index contributed by atoms with van der Waals surface area (Å²) in [7, 11) is -3.64. The van der Waals surface area contributed by atoms with Gasteiger partial charge in [-0.15, -0.1) is 0 Å². The van der Waals surface area contributed by atoms with Crippen LogP contribution in [0.3, 0.4) is 0 Å². The van der Waals surface area contributed by atoms with E-state index in [0.717, 1.165) is 18.4 Å². The molecule has 0 unspecified atom stereocenters. The summed E-state index contributed by atoms with van der Waals surface area (Å²) >= 11 is 0. The van der Waals surface area contributed by atoms with Crippen LogP contribution in [0.5, 0.6) is 0 Å². The molecule has 13 heteroatoms. The fourth-order valence-corrected chi connectivity index (χ4v) is 5.03. The molecule has 4 amide bonds. The van der Waals surface area contributed by atoms with Crippen LogP contribution in [0.2, 0.25) is 0 Å². The predicted molar refractivity (Wildman–Crippen MR) is 167 cm³/mol. The van der Waals surface area contributed by atoms with Crippen LogP contribution < -0.4 is 51.4 Å². The Morgan fingerprint density at radius 2 is 1.09 bits per heavy atom. The molecule has 0 saturated carbocycles. The smallest absolute Gasteiger partial charge is 0.587 e. The van der Waals surface area contributed by atoms with Crippen molar-refractivity contribution in [3.63, 3.8) is 0 Å². The van der Waals surface area contributed by atoms with Crippen molar-refractivity contribution in [1.29, 1.82) is 0 Å². The number of benzene rings is 3. The van der Waals surface area contributed by atoms with Crippen molar-refractivity contribution in [1.82, 2.24) is 4.90 Å². The molecule has 11 nitrogen and oxygen atoms in total. The summed E-state index contributed by atoms with van der Waals surface area (Å²) < 4.78 is 38.7. The summed E-state index contributed by atoms with van der Waals surface area (Å²) in [6, 6.07) is 20.1. The van der Waals surface area contributed by atoms with Crippen molar-refractivity contribution < 1.29 is 92.6 Å². The number of carbonyl (C=O) groups excluding carboxylic acids is 4. The third kappa shape index (κ3) is 11.3. The number of aryl methyl sites for hydroxylation is 1. The van der Waals surface area contributed by atoms with Crippen LogP contribution in [0.15, 0.2) is 77.7 Å². The van der Waals surface area contributed by atoms with E-state index < -0.39 is 21.9 Å². The van der Waals surface area contributed by atoms with Gasteiger partial charge >= 0.3 is 51.4 Å². The number of hydrogen-bond donors (Lipinski definition) is 0. The second-order valence-electron chi connectivity index (χ2n) is 9.89. The van der Waals surface area contributed by atoms with E-state index in [9.17, 15) is 27.6 Å². The molecule has 0 spiro atoms. The Balaban J connectivity index is 0.000000243. The molecule has 3 aromatic rings. The van der Waals surface area contributed by atoms with Gasteiger partial charge in [-0.3, -0.25) is 18.7 Å². The first kappa shape index (κ1) is 39.6. The quantitative estimate of drug-likeness (QED) is 0.122. The Labute approximate surface area is 312 Å². The Morgan fingerprint density at radius 3 is 1.57 bits per heavy atom. The third-order valence-electron chi connectivity index (χ3n) is 6.40. The zero-order valence-corrected chi connectivity index (χ0v) is 30.5. The Morgan fingerprint density at radius 1 is 0.630 bits per heavy atom. The van der Waals surface area contributed by atoms with Crippen LogP contribution >= 0.6 is 0 Å². The molecule has 0 aliphatic carbocycles. The first-order valence-corrected chi connectivity index (χ1v) is 16.0. The molecule has 2 aliphatic heterocycles. The molecule has 46 heavy (non-hydrogen) atoms. The van der Waals surface area contributed by atoms with Gasteiger partial charge in [-0.25, -0.2) is 0 Å². The number of ether oxygens (including phenoxy) is 2. The van der Waals surface area contributed by atoms with E-state index >= 15 is 0 Å². The summed E-state index contributed by atoms with van der Waals surface area (Å²) in [5, 5.41) is 3.28. The number of fused-ring (bicyclic) bond motifs is 2. The van der Waals surface area contributed by atoms with E-state index in [0.29, 0.717) is 55.2 Å². The minimum Gasteiger partial charge on any atom is -0.587 e. The van der Waals surface area contributed by atoms with Crippen molar-refractivity contribution >= 4 is 33.7 Å². The van der Waals surface area contributed by atoms with Crippen molar-refractivity contribution in [3.8, 4) is 0 Å². The summed E-state index contributed by atoms with van der Waals surface area (Å²) in [5.41, 5.74) is 2.83. The Kier molecular flexibility index (Phi) is 17.1. The second-order valence-corrected chi connectivity index (χ2v) is 11.5. The van der Waals surface area contributed by atoms with Crippen molar-refractivity contribution in [2.45, 2.75) is 38.5 Å². The van der Waals surface area contributed by atoms with Gasteiger partial charge in [0.2, 0.25) is 0 Å².